The number of pyridine rings is 1. The third kappa shape index (κ3) is 1.11. The van der Waals surface area contributed by atoms with Crippen molar-refractivity contribution in [3.63, 3.8) is 0 Å². The molecule has 0 radical (unpaired) electrons. The Kier molecular flexibility index (Phi) is 1.56. The van der Waals surface area contributed by atoms with Crippen molar-refractivity contribution in [3.05, 3.63) is 43.2 Å². The van der Waals surface area contributed by atoms with Gasteiger partial charge >= 0.3 is 0 Å². The van der Waals surface area contributed by atoms with E-state index in [0.717, 1.165) is 11.1 Å². The van der Waals surface area contributed by atoms with Crippen LogP contribution >= 0.6 is 0 Å². The van der Waals surface area contributed by atoms with Gasteiger partial charge in [0.15, 0.2) is 12.2 Å². The molecule has 0 aliphatic heterocycles. The average molecular weight is 200 g/mol. The molecule has 0 fully saturated rings. The number of fused-ring (bicyclic) bond motifs is 1. The lowest BCUT2D eigenvalue weighted by molar-refractivity contribution is 0.479. The van der Waals surface area contributed by atoms with Crippen molar-refractivity contribution in [2.75, 3.05) is 0 Å². The standard InChI is InChI=1S/C11H8N2O2/c14-9-2-1-4-13-5-3-8(11(9)13)10-6-12-7-15-10/h1-7,14H. The van der Waals surface area contributed by atoms with Crippen LogP contribution in [0.15, 0.2) is 47.6 Å². The first-order valence-electron chi connectivity index (χ1n) is 4.54. The van der Waals surface area contributed by atoms with Gasteiger partial charge < -0.3 is 13.9 Å². The van der Waals surface area contributed by atoms with Crippen molar-refractivity contribution in [2.45, 2.75) is 0 Å². The van der Waals surface area contributed by atoms with Crippen LogP contribution in [0, 0.1) is 0 Å². The summed E-state index contributed by atoms with van der Waals surface area (Å²) in [6.07, 6.45) is 6.74. The molecule has 3 heterocycles. The van der Waals surface area contributed by atoms with E-state index >= 15 is 0 Å². The molecule has 74 valence electrons. The van der Waals surface area contributed by atoms with Gasteiger partial charge in [0.2, 0.25) is 0 Å². The Morgan fingerprint density at radius 3 is 3.00 bits per heavy atom. The van der Waals surface area contributed by atoms with E-state index in [2.05, 4.69) is 4.98 Å². The Hall–Kier alpha value is -2.23. The fourth-order valence-electron chi connectivity index (χ4n) is 1.70. The molecule has 3 rings (SSSR count). The predicted octanol–water partition coefficient (Wildman–Crippen LogP) is 2.30. The van der Waals surface area contributed by atoms with Gasteiger partial charge in [-0.15, -0.1) is 0 Å². The Labute approximate surface area is 85.4 Å². The van der Waals surface area contributed by atoms with Crippen LogP contribution in [0.4, 0.5) is 0 Å². The molecule has 0 aliphatic carbocycles. The lowest BCUT2D eigenvalue weighted by Crippen LogP contribution is -1.81. The van der Waals surface area contributed by atoms with Gasteiger partial charge in [0.25, 0.3) is 0 Å². The van der Waals surface area contributed by atoms with E-state index in [1.165, 1.54) is 6.39 Å². The van der Waals surface area contributed by atoms with Crippen LogP contribution in [-0.2, 0) is 0 Å². The number of nitrogens with zero attached hydrogens (tertiary/aromatic N) is 2. The summed E-state index contributed by atoms with van der Waals surface area (Å²) < 4.78 is 7.05. The van der Waals surface area contributed by atoms with Gasteiger partial charge in [-0.05, 0) is 18.2 Å². The van der Waals surface area contributed by atoms with E-state index in [1.807, 2.05) is 22.9 Å². The van der Waals surface area contributed by atoms with E-state index in [-0.39, 0.29) is 5.75 Å². The van der Waals surface area contributed by atoms with Gasteiger partial charge in [-0.3, -0.25) is 0 Å². The Morgan fingerprint density at radius 2 is 2.20 bits per heavy atom. The molecule has 0 saturated heterocycles. The SMILES string of the molecule is Oc1cccn2ccc(-c3cnco3)c12. The van der Waals surface area contributed by atoms with E-state index in [1.54, 1.807) is 18.3 Å². The zero-order valence-corrected chi connectivity index (χ0v) is 7.79. The third-order valence-electron chi connectivity index (χ3n) is 2.36. The van der Waals surface area contributed by atoms with Crippen LogP contribution in [-0.4, -0.2) is 14.5 Å². The molecule has 0 aromatic carbocycles. The monoisotopic (exact) mass is 200 g/mol. The fraction of sp³-hybridized carbons (Fsp3) is 0. The summed E-state index contributed by atoms with van der Waals surface area (Å²) in [5, 5.41) is 9.76. The third-order valence-corrected chi connectivity index (χ3v) is 2.36. The number of hydrogen-bond acceptors (Lipinski definition) is 3. The maximum atomic E-state index is 9.76. The second-order valence-electron chi connectivity index (χ2n) is 3.24. The first kappa shape index (κ1) is 8.11. The zero-order valence-electron chi connectivity index (χ0n) is 7.79. The number of aromatic hydroxyl groups is 1. The highest BCUT2D eigenvalue weighted by molar-refractivity contribution is 5.82. The lowest BCUT2D eigenvalue weighted by atomic mass is 10.2. The van der Waals surface area contributed by atoms with Gasteiger partial charge in [0, 0.05) is 18.0 Å². The molecular weight excluding hydrogens is 192 g/mol. The topological polar surface area (TPSA) is 50.7 Å². The van der Waals surface area contributed by atoms with Gasteiger partial charge in [0.05, 0.1) is 11.7 Å². The molecule has 0 spiro atoms. The quantitative estimate of drug-likeness (QED) is 0.655. The summed E-state index contributed by atoms with van der Waals surface area (Å²) >= 11 is 0. The minimum absolute atomic E-state index is 0.230. The van der Waals surface area contributed by atoms with Crippen LogP contribution in [0.1, 0.15) is 0 Å². The molecule has 0 bridgehead atoms. The highest BCUT2D eigenvalue weighted by Crippen LogP contribution is 2.30. The Morgan fingerprint density at radius 1 is 1.27 bits per heavy atom. The predicted molar refractivity (Wildman–Crippen MR) is 54.6 cm³/mol. The number of oxazole rings is 1. The van der Waals surface area contributed by atoms with Crippen molar-refractivity contribution < 1.29 is 9.52 Å². The molecule has 0 amide bonds. The number of aromatic nitrogens is 2. The smallest absolute Gasteiger partial charge is 0.181 e. The van der Waals surface area contributed by atoms with E-state index < -0.39 is 0 Å². The number of hydrogen-bond donors (Lipinski definition) is 1. The number of rotatable bonds is 1. The molecule has 3 aromatic rings. The minimum atomic E-state index is 0.230. The van der Waals surface area contributed by atoms with Crippen molar-refractivity contribution in [3.8, 4) is 17.1 Å². The van der Waals surface area contributed by atoms with Gasteiger partial charge in [0.1, 0.15) is 5.75 Å². The van der Waals surface area contributed by atoms with Crippen LogP contribution in [0.2, 0.25) is 0 Å². The molecule has 3 aromatic heterocycles. The van der Waals surface area contributed by atoms with E-state index in [4.69, 9.17) is 4.42 Å². The molecule has 0 unspecified atom stereocenters. The van der Waals surface area contributed by atoms with Gasteiger partial charge in [-0.2, -0.15) is 0 Å². The normalized spacial score (nSPS) is 10.9. The largest absolute Gasteiger partial charge is 0.506 e. The fourth-order valence-corrected chi connectivity index (χ4v) is 1.70. The van der Waals surface area contributed by atoms with Crippen LogP contribution in [0.3, 0.4) is 0 Å². The summed E-state index contributed by atoms with van der Waals surface area (Å²) in [5.74, 6) is 0.882. The second kappa shape index (κ2) is 2.88. The van der Waals surface area contributed by atoms with E-state index in [9.17, 15) is 5.11 Å². The highest BCUT2D eigenvalue weighted by Gasteiger charge is 2.10. The molecule has 0 saturated carbocycles. The summed E-state index contributed by atoms with van der Waals surface area (Å²) in [4.78, 5) is 3.86. The molecule has 0 atom stereocenters. The molecular formula is C11H8N2O2. The summed E-state index contributed by atoms with van der Waals surface area (Å²) in [6.45, 7) is 0. The van der Waals surface area contributed by atoms with Crippen molar-refractivity contribution in [2.24, 2.45) is 0 Å². The van der Waals surface area contributed by atoms with Crippen LogP contribution < -0.4 is 0 Å². The Balaban J connectivity index is 2.37. The first-order chi connectivity index (χ1) is 7.36. The highest BCUT2D eigenvalue weighted by atomic mass is 16.3. The van der Waals surface area contributed by atoms with Gasteiger partial charge in [-0.25, -0.2) is 4.98 Å². The first-order valence-corrected chi connectivity index (χ1v) is 4.54. The van der Waals surface area contributed by atoms with Crippen LogP contribution in [0.5, 0.6) is 5.75 Å². The zero-order chi connectivity index (χ0) is 10.3. The molecule has 0 aliphatic rings. The minimum Gasteiger partial charge on any atom is -0.506 e. The lowest BCUT2D eigenvalue weighted by Gasteiger charge is -1.99. The summed E-state index contributed by atoms with van der Waals surface area (Å²) in [7, 11) is 0. The van der Waals surface area contributed by atoms with E-state index in [0.29, 0.717) is 5.76 Å². The Bertz CT molecular complexity index is 596. The molecule has 15 heavy (non-hydrogen) atoms. The molecule has 1 N–H and O–H groups in total. The molecule has 4 heteroatoms. The maximum Gasteiger partial charge on any atom is 0.181 e. The van der Waals surface area contributed by atoms with Crippen molar-refractivity contribution >= 4 is 5.52 Å². The summed E-state index contributed by atoms with van der Waals surface area (Å²) in [6, 6.07) is 5.32. The van der Waals surface area contributed by atoms with Crippen LogP contribution in [0.25, 0.3) is 16.8 Å². The van der Waals surface area contributed by atoms with Crippen molar-refractivity contribution in [1.29, 1.82) is 0 Å². The summed E-state index contributed by atoms with van der Waals surface area (Å²) in [5.41, 5.74) is 1.57. The second-order valence-corrected chi connectivity index (χ2v) is 3.24. The van der Waals surface area contributed by atoms with Crippen molar-refractivity contribution in [1.82, 2.24) is 9.38 Å². The maximum absolute atomic E-state index is 9.76. The molecule has 4 nitrogen and oxygen atoms in total. The van der Waals surface area contributed by atoms with Gasteiger partial charge in [-0.1, -0.05) is 0 Å². The average Bonchev–Trinajstić information content (AvgIpc) is 2.85.